The number of hydroxylamine groups is 1. The predicted molar refractivity (Wildman–Crippen MR) is 121 cm³/mol. The van der Waals surface area contributed by atoms with Gasteiger partial charge in [0.25, 0.3) is 5.91 Å². The SMILES string of the molecule is O=C(/C=C/CCC[C@H](OC(=O)Nc1ccc(Br)cc1)c1cc(I)ccc1O)NO. The number of amides is 2. The summed E-state index contributed by atoms with van der Waals surface area (Å²) in [5, 5.41) is 21.4. The summed E-state index contributed by atoms with van der Waals surface area (Å²) in [6.07, 6.45) is 3.10. The van der Waals surface area contributed by atoms with E-state index in [4.69, 9.17) is 9.94 Å². The number of phenolic OH excluding ortho intramolecular Hbond substituents is 1. The number of carbonyl (C=O) groups is 2. The Morgan fingerprint density at radius 1 is 1.21 bits per heavy atom. The van der Waals surface area contributed by atoms with Crippen molar-refractivity contribution in [1.82, 2.24) is 5.48 Å². The summed E-state index contributed by atoms with van der Waals surface area (Å²) < 4.78 is 7.38. The highest BCUT2D eigenvalue weighted by molar-refractivity contribution is 14.1. The minimum Gasteiger partial charge on any atom is -0.508 e. The number of hydrogen-bond donors (Lipinski definition) is 4. The van der Waals surface area contributed by atoms with E-state index < -0.39 is 18.1 Å². The van der Waals surface area contributed by atoms with Crippen LogP contribution in [0.15, 0.2) is 59.1 Å². The topological polar surface area (TPSA) is 108 Å². The van der Waals surface area contributed by atoms with Gasteiger partial charge < -0.3 is 9.84 Å². The molecule has 154 valence electrons. The highest BCUT2D eigenvalue weighted by atomic mass is 127. The number of halogens is 2. The number of carbonyl (C=O) groups excluding carboxylic acids is 2. The molecule has 0 radical (unpaired) electrons. The van der Waals surface area contributed by atoms with Gasteiger partial charge in [0.15, 0.2) is 0 Å². The average Bonchev–Trinajstić information content (AvgIpc) is 2.70. The van der Waals surface area contributed by atoms with Crippen LogP contribution in [-0.4, -0.2) is 22.3 Å². The van der Waals surface area contributed by atoms with Crippen LogP contribution in [0.4, 0.5) is 10.5 Å². The second-order valence-electron chi connectivity index (χ2n) is 6.04. The van der Waals surface area contributed by atoms with Crippen LogP contribution >= 0.6 is 38.5 Å². The fourth-order valence-electron chi connectivity index (χ4n) is 2.52. The van der Waals surface area contributed by atoms with Gasteiger partial charge in [0, 0.05) is 25.4 Å². The smallest absolute Gasteiger partial charge is 0.412 e. The lowest BCUT2D eigenvalue weighted by atomic mass is 10.0. The van der Waals surface area contributed by atoms with E-state index in [1.807, 2.05) is 0 Å². The lowest BCUT2D eigenvalue weighted by Gasteiger charge is -2.20. The third-order valence-electron chi connectivity index (χ3n) is 3.89. The molecule has 0 bridgehead atoms. The zero-order valence-electron chi connectivity index (χ0n) is 15.3. The third kappa shape index (κ3) is 8.03. The van der Waals surface area contributed by atoms with Crippen LogP contribution < -0.4 is 10.8 Å². The van der Waals surface area contributed by atoms with Crippen molar-refractivity contribution >= 4 is 56.2 Å². The summed E-state index contributed by atoms with van der Waals surface area (Å²) in [5.41, 5.74) is 2.62. The molecule has 2 amide bonds. The number of ether oxygens (including phenoxy) is 1. The number of aromatic hydroxyl groups is 1. The zero-order chi connectivity index (χ0) is 21.2. The fourth-order valence-corrected chi connectivity index (χ4v) is 3.30. The first-order chi connectivity index (χ1) is 13.9. The maximum atomic E-state index is 12.4. The quantitative estimate of drug-likeness (QED) is 0.113. The predicted octanol–water partition coefficient (Wildman–Crippen LogP) is 5.28. The minimum absolute atomic E-state index is 0.0436. The van der Waals surface area contributed by atoms with Crippen LogP contribution in [0.25, 0.3) is 0 Å². The monoisotopic (exact) mass is 574 g/mol. The number of anilines is 1. The van der Waals surface area contributed by atoms with Crippen molar-refractivity contribution < 1.29 is 24.6 Å². The fraction of sp³-hybridized carbons (Fsp3) is 0.200. The van der Waals surface area contributed by atoms with E-state index in [2.05, 4.69) is 43.8 Å². The number of nitrogens with one attached hydrogen (secondary N) is 2. The van der Waals surface area contributed by atoms with Crippen LogP contribution in [0.1, 0.15) is 30.9 Å². The molecule has 2 rings (SSSR count). The van der Waals surface area contributed by atoms with E-state index >= 15 is 0 Å². The molecule has 0 aliphatic rings. The number of hydrogen-bond acceptors (Lipinski definition) is 5. The molecular formula is C20H20BrIN2O5. The van der Waals surface area contributed by atoms with E-state index in [1.165, 1.54) is 11.6 Å². The van der Waals surface area contributed by atoms with Crippen LogP contribution in [0.2, 0.25) is 0 Å². The molecular weight excluding hydrogens is 555 g/mol. The zero-order valence-corrected chi connectivity index (χ0v) is 19.0. The molecule has 0 spiro atoms. The molecule has 29 heavy (non-hydrogen) atoms. The van der Waals surface area contributed by atoms with Gasteiger partial charge in [-0.05, 0) is 84.3 Å². The lowest BCUT2D eigenvalue weighted by molar-refractivity contribution is -0.124. The molecule has 0 saturated carbocycles. The number of allylic oxidation sites excluding steroid dienone is 1. The average molecular weight is 575 g/mol. The van der Waals surface area contributed by atoms with Crippen LogP contribution in [0.3, 0.4) is 0 Å². The Hall–Kier alpha value is -2.11. The maximum Gasteiger partial charge on any atom is 0.412 e. The molecule has 0 aliphatic carbocycles. The van der Waals surface area contributed by atoms with Crippen LogP contribution in [0, 0.1) is 3.57 Å². The van der Waals surface area contributed by atoms with Gasteiger partial charge in [-0.25, -0.2) is 10.3 Å². The van der Waals surface area contributed by atoms with Gasteiger partial charge in [0.1, 0.15) is 11.9 Å². The molecule has 7 nitrogen and oxygen atoms in total. The summed E-state index contributed by atoms with van der Waals surface area (Å²) >= 11 is 5.46. The van der Waals surface area contributed by atoms with Crippen molar-refractivity contribution in [3.05, 3.63) is 68.2 Å². The van der Waals surface area contributed by atoms with E-state index in [9.17, 15) is 14.7 Å². The Morgan fingerprint density at radius 3 is 2.62 bits per heavy atom. The highest BCUT2D eigenvalue weighted by Gasteiger charge is 2.20. The molecule has 0 saturated heterocycles. The van der Waals surface area contributed by atoms with E-state index in [-0.39, 0.29) is 5.75 Å². The summed E-state index contributed by atoms with van der Waals surface area (Å²) in [5.74, 6) is -0.566. The number of unbranched alkanes of at least 4 members (excludes halogenated alkanes) is 1. The lowest BCUT2D eigenvalue weighted by Crippen LogP contribution is -2.18. The molecule has 0 heterocycles. The summed E-state index contributed by atoms with van der Waals surface area (Å²) in [7, 11) is 0. The number of benzene rings is 2. The van der Waals surface area contributed by atoms with E-state index in [1.54, 1.807) is 48.5 Å². The molecule has 1 atom stereocenters. The first-order valence-corrected chi connectivity index (χ1v) is 10.6. The van der Waals surface area contributed by atoms with Gasteiger partial charge >= 0.3 is 6.09 Å². The largest absolute Gasteiger partial charge is 0.508 e. The van der Waals surface area contributed by atoms with Crippen molar-refractivity contribution in [3.63, 3.8) is 0 Å². The van der Waals surface area contributed by atoms with Gasteiger partial charge in [-0.2, -0.15) is 0 Å². The second-order valence-corrected chi connectivity index (χ2v) is 8.20. The van der Waals surface area contributed by atoms with Crippen molar-refractivity contribution in [2.24, 2.45) is 0 Å². The molecule has 0 unspecified atom stereocenters. The molecule has 4 N–H and O–H groups in total. The van der Waals surface area contributed by atoms with Crippen molar-refractivity contribution in [1.29, 1.82) is 0 Å². The Balaban J connectivity index is 2.06. The van der Waals surface area contributed by atoms with E-state index in [0.717, 1.165) is 8.04 Å². The van der Waals surface area contributed by atoms with Crippen LogP contribution in [-0.2, 0) is 9.53 Å². The number of phenols is 1. The minimum atomic E-state index is -0.666. The summed E-state index contributed by atoms with van der Waals surface area (Å²) in [6.45, 7) is 0. The number of rotatable bonds is 8. The first-order valence-electron chi connectivity index (χ1n) is 8.71. The third-order valence-corrected chi connectivity index (χ3v) is 5.09. The molecule has 0 aromatic heterocycles. The van der Waals surface area contributed by atoms with E-state index in [0.29, 0.717) is 30.5 Å². The molecule has 2 aromatic carbocycles. The Labute approximate surface area is 190 Å². The van der Waals surface area contributed by atoms with Gasteiger partial charge in [-0.1, -0.05) is 22.0 Å². The van der Waals surface area contributed by atoms with Crippen molar-refractivity contribution in [3.8, 4) is 5.75 Å². The normalized spacial score (nSPS) is 11.8. The summed E-state index contributed by atoms with van der Waals surface area (Å²) in [6, 6.07) is 12.2. The molecule has 0 aliphatic heterocycles. The van der Waals surface area contributed by atoms with Crippen LogP contribution in [0.5, 0.6) is 5.75 Å². The van der Waals surface area contributed by atoms with Crippen molar-refractivity contribution in [2.75, 3.05) is 5.32 Å². The van der Waals surface area contributed by atoms with Crippen molar-refractivity contribution in [2.45, 2.75) is 25.4 Å². The van der Waals surface area contributed by atoms with Gasteiger partial charge in [0.2, 0.25) is 0 Å². The molecule has 2 aromatic rings. The standard InChI is InChI=1S/C20H20BrIN2O5/c21-13-6-9-15(10-7-13)23-20(27)29-18(4-2-1-3-5-19(26)24-28)16-12-14(22)8-11-17(16)25/h3,5-12,18,25,28H,1-2,4H2,(H,23,27)(H,24,26)/b5-3+/t18-/m0/s1. The van der Waals surface area contributed by atoms with Gasteiger partial charge in [0.05, 0.1) is 0 Å². The van der Waals surface area contributed by atoms with Gasteiger partial charge in [-0.15, -0.1) is 0 Å². The van der Waals surface area contributed by atoms with Gasteiger partial charge in [-0.3, -0.25) is 15.3 Å². The Morgan fingerprint density at radius 2 is 1.93 bits per heavy atom. The molecule has 9 heteroatoms. The second kappa shape index (κ2) is 11.8. The Bertz CT molecular complexity index is 874. The Kier molecular flexibility index (Phi) is 9.42. The first kappa shape index (κ1) is 23.2. The summed E-state index contributed by atoms with van der Waals surface area (Å²) in [4.78, 5) is 23.4. The maximum absolute atomic E-state index is 12.4. The molecule has 0 fully saturated rings. The highest BCUT2D eigenvalue weighted by Crippen LogP contribution is 2.32.